The fraction of sp³-hybridized carbons (Fsp3) is 0.250. The van der Waals surface area contributed by atoms with E-state index in [4.69, 9.17) is 9.47 Å². The zero-order valence-corrected chi connectivity index (χ0v) is 18.5. The molecule has 0 spiro atoms. The maximum absolute atomic E-state index is 12.7. The number of carbonyl (C=O) groups excluding carboxylic acids is 2. The standard InChI is InChI=1S/C24H25N5O4/c1-32-19-12-17-10-11-29(23(31)14-18(17)13-20(19)33-2)15-22(30)26-24-25-21(27-28-24)9-8-16-6-4-3-5-7-16/h3-7,10-13H,8-9,14-15H2,1-2H3,(H2,25,26,27,28,30). The highest BCUT2D eigenvalue weighted by atomic mass is 16.5. The lowest BCUT2D eigenvalue weighted by molar-refractivity contribution is -0.131. The minimum atomic E-state index is -0.386. The Balaban J connectivity index is 1.36. The number of aryl methyl sites for hydroxylation is 2. The molecule has 1 aliphatic rings. The second-order valence-corrected chi connectivity index (χ2v) is 7.56. The third kappa shape index (κ3) is 5.38. The number of fused-ring (bicyclic) bond motifs is 1. The molecule has 4 rings (SSSR count). The summed E-state index contributed by atoms with van der Waals surface area (Å²) >= 11 is 0. The topological polar surface area (TPSA) is 109 Å². The van der Waals surface area contributed by atoms with Gasteiger partial charge in [0.25, 0.3) is 0 Å². The van der Waals surface area contributed by atoms with Crippen LogP contribution in [0.5, 0.6) is 11.5 Å². The number of hydrogen-bond acceptors (Lipinski definition) is 6. The van der Waals surface area contributed by atoms with Crippen LogP contribution < -0.4 is 14.8 Å². The Bertz CT molecular complexity index is 1170. The van der Waals surface area contributed by atoms with Crippen molar-refractivity contribution in [1.82, 2.24) is 20.1 Å². The van der Waals surface area contributed by atoms with Gasteiger partial charge in [0.15, 0.2) is 11.5 Å². The molecular weight excluding hydrogens is 422 g/mol. The number of carbonyl (C=O) groups is 2. The molecule has 9 nitrogen and oxygen atoms in total. The van der Waals surface area contributed by atoms with E-state index in [2.05, 4.69) is 32.6 Å². The normalized spacial score (nSPS) is 12.8. The van der Waals surface area contributed by atoms with E-state index in [1.54, 1.807) is 32.6 Å². The van der Waals surface area contributed by atoms with Gasteiger partial charge in [-0.3, -0.25) is 20.0 Å². The molecule has 170 valence electrons. The summed E-state index contributed by atoms with van der Waals surface area (Å²) in [5, 5.41) is 9.54. The third-order valence-corrected chi connectivity index (χ3v) is 5.33. The van der Waals surface area contributed by atoms with E-state index in [0.717, 1.165) is 17.5 Å². The molecule has 2 aromatic carbocycles. The first-order valence-electron chi connectivity index (χ1n) is 10.5. The van der Waals surface area contributed by atoms with Crippen LogP contribution in [0.25, 0.3) is 6.08 Å². The van der Waals surface area contributed by atoms with E-state index < -0.39 is 0 Å². The number of anilines is 1. The molecular formula is C24H25N5O4. The van der Waals surface area contributed by atoms with Crippen molar-refractivity contribution in [3.63, 3.8) is 0 Å². The molecule has 1 aliphatic heterocycles. The van der Waals surface area contributed by atoms with Crippen LogP contribution in [0.4, 0.5) is 5.95 Å². The van der Waals surface area contributed by atoms with Gasteiger partial charge >= 0.3 is 0 Å². The van der Waals surface area contributed by atoms with Gasteiger partial charge in [0.1, 0.15) is 12.4 Å². The van der Waals surface area contributed by atoms with E-state index >= 15 is 0 Å². The van der Waals surface area contributed by atoms with Gasteiger partial charge in [0, 0.05) is 12.6 Å². The molecule has 2 heterocycles. The van der Waals surface area contributed by atoms with Crippen molar-refractivity contribution < 1.29 is 19.1 Å². The average Bonchev–Trinajstić information content (AvgIpc) is 3.21. The number of methoxy groups -OCH3 is 2. The molecule has 0 aliphatic carbocycles. The highest BCUT2D eigenvalue weighted by Crippen LogP contribution is 2.32. The minimum absolute atomic E-state index is 0.139. The van der Waals surface area contributed by atoms with Gasteiger partial charge < -0.3 is 14.4 Å². The van der Waals surface area contributed by atoms with Gasteiger partial charge in [-0.1, -0.05) is 30.3 Å². The number of ether oxygens (including phenoxy) is 2. The summed E-state index contributed by atoms with van der Waals surface area (Å²) in [7, 11) is 3.11. The van der Waals surface area contributed by atoms with Crippen molar-refractivity contribution in [3.8, 4) is 11.5 Å². The lowest BCUT2D eigenvalue weighted by Crippen LogP contribution is -2.34. The molecule has 0 fully saturated rings. The van der Waals surface area contributed by atoms with Crippen LogP contribution in [0.2, 0.25) is 0 Å². The van der Waals surface area contributed by atoms with Crippen LogP contribution in [-0.4, -0.2) is 52.7 Å². The Labute approximate surface area is 191 Å². The van der Waals surface area contributed by atoms with Crippen molar-refractivity contribution in [2.45, 2.75) is 19.3 Å². The number of amides is 2. The quantitative estimate of drug-likeness (QED) is 0.549. The molecule has 2 N–H and O–H groups in total. The highest BCUT2D eigenvalue weighted by molar-refractivity contribution is 5.94. The SMILES string of the molecule is COc1cc2c(cc1OC)CC(=O)N(CC(=O)Nc1n[nH]c(CCc3ccccc3)n1)C=C2. The number of hydrogen-bond donors (Lipinski definition) is 2. The summed E-state index contributed by atoms with van der Waals surface area (Å²) in [6.07, 6.45) is 5.01. The molecule has 3 aromatic rings. The van der Waals surface area contributed by atoms with E-state index in [9.17, 15) is 9.59 Å². The lowest BCUT2D eigenvalue weighted by atomic mass is 10.0. The molecule has 0 unspecified atom stereocenters. The smallest absolute Gasteiger partial charge is 0.248 e. The van der Waals surface area contributed by atoms with E-state index in [0.29, 0.717) is 23.7 Å². The Morgan fingerprint density at radius 2 is 1.88 bits per heavy atom. The Kier molecular flexibility index (Phi) is 6.68. The van der Waals surface area contributed by atoms with Gasteiger partial charge in [-0.25, -0.2) is 0 Å². The molecule has 0 saturated heterocycles. The van der Waals surface area contributed by atoms with Crippen molar-refractivity contribution >= 4 is 23.8 Å². The van der Waals surface area contributed by atoms with Crippen LogP contribution in [0.3, 0.4) is 0 Å². The minimum Gasteiger partial charge on any atom is -0.493 e. The van der Waals surface area contributed by atoms with Gasteiger partial charge in [-0.05, 0) is 41.3 Å². The van der Waals surface area contributed by atoms with E-state index in [1.165, 1.54) is 10.5 Å². The predicted molar refractivity (Wildman–Crippen MR) is 123 cm³/mol. The van der Waals surface area contributed by atoms with Crippen LogP contribution in [-0.2, 0) is 28.9 Å². The Hall–Kier alpha value is -4.14. The van der Waals surface area contributed by atoms with Gasteiger partial charge in [-0.2, -0.15) is 4.98 Å². The van der Waals surface area contributed by atoms with Crippen LogP contribution in [0, 0.1) is 0 Å². The van der Waals surface area contributed by atoms with Crippen molar-refractivity contribution in [3.05, 3.63) is 71.2 Å². The summed E-state index contributed by atoms with van der Waals surface area (Å²) in [4.78, 5) is 30.9. The van der Waals surface area contributed by atoms with Crippen molar-refractivity contribution in [2.75, 3.05) is 26.1 Å². The van der Waals surface area contributed by atoms with Gasteiger partial charge in [0.05, 0.1) is 20.6 Å². The molecule has 1 aromatic heterocycles. The zero-order valence-electron chi connectivity index (χ0n) is 18.5. The second kappa shape index (κ2) is 9.99. The van der Waals surface area contributed by atoms with Gasteiger partial charge in [0.2, 0.25) is 17.8 Å². The molecule has 0 atom stereocenters. The summed E-state index contributed by atoms with van der Waals surface area (Å²) in [5.41, 5.74) is 2.83. The highest BCUT2D eigenvalue weighted by Gasteiger charge is 2.22. The number of nitrogens with one attached hydrogen (secondary N) is 2. The Morgan fingerprint density at radius 1 is 1.12 bits per heavy atom. The maximum Gasteiger partial charge on any atom is 0.248 e. The maximum atomic E-state index is 12.7. The summed E-state index contributed by atoms with van der Waals surface area (Å²) in [5.74, 6) is 1.41. The average molecular weight is 447 g/mol. The number of benzene rings is 2. The van der Waals surface area contributed by atoms with E-state index in [-0.39, 0.29) is 30.7 Å². The molecule has 0 saturated carbocycles. The summed E-state index contributed by atoms with van der Waals surface area (Å²) < 4.78 is 10.7. The number of nitrogens with zero attached hydrogens (tertiary/aromatic N) is 3. The first-order valence-corrected chi connectivity index (χ1v) is 10.5. The number of rotatable bonds is 8. The fourth-order valence-electron chi connectivity index (χ4n) is 3.59. The largest absolute Gasteiger partial charge is 0.493 e. The molecule has 33 heavy (non-hydrogen) atoms. The van der Waals surface area contributed by atoms with Crippen molar-refractivity contribution in [1.29, 1.82) is 0 Å². The van der Waals surface area contributed by atoms with Crippen LogP contribution >= 0.6 is 0 Å². The molecule has 0 radical (unpaired) electrons. The molecule has 0 bridgehead atoms. The monoisotopic (exact) mass is 447 g/mol. The van der Waals surface area contributed by atoms with Gasteiger partial charge in [-0.15, -0.1) is 5.10 Å². The second-order valence-electron chi connectivity index (χ2n) is 7.56. The molecule has 9 heteroatoms. The first kappa shape index (κ1) is 22.1. The lowest BCUT2D eigenvalue weighted by Gasteiger charge is -2.16. The fourth-order valence-corrected chi connectivity index (χ4v) is 3.59. The first-order chi connectivity index (χ1) is 16.1. The molecule has 2 amide bonds. The Morgan fingerprint density at radius 3 is 2.64 bits per heavy atom. The third-order valence-electron chi connectivity index (χ3n) is 5.33. The summed E-state index contributed by atoms with van der Waals surface area (Å²) in [6.45, 7) is -0.147. The van der Waals surface area contributed by atoms with Crippen LogP contribution in [0.1, 0.15) is 22.5 Å². The van der Waals surface area contributed by atoms with Crippen LogP contribution in [0.15, 0.2) is 48.7 Å². The predicted octanol–water partition coefficient (Wildman–Crippen LogP) is 2.60. The number of aromatic nitrogens is 3. The zero-order chi connectivity index (χ0) is 23.2. The summed E-state index contributed by atoms with van der Waals surface area (Å²) in [6, 6.07) is 13.7. The number of H-pyrrole nitrogens is 1. The van der Waals surface area contributed by atoms with Crippen molar-refractivity contribution in [2.24, 2.45) is 0 Å². The number of aromatic amines is 1. The van der Waals surface area contributed by atoms with E-state index in [1.807, 2.05) is 24.3 Å².